The summed E-state index contributed by atoms with van der Waals surface area (Å²) in [6, 6.07) is 4.18. The van der Waals surface area contributed by atoms with Crippen LogP contribution in [-0.2, 0) is 16.1 Å². The summed E-state index contributed by atoms with van der Waals surface area (Å²) in [6.45, 7) is 1.26. The van der Waals surface area contributed by atoms with Crippen molar-refractivity contribution < 1.29 is 19.2 Å². The Morgan fingerprint density at radius 3 is 2.56 bits per heavy atom. The molecule has 8 heteroatoms. The van der Waals surface area contributed by atoms with Gasteiger partial charge in [0.05, 0.1) is 11.1 Å². The molecule has 1 atom stereocenters. The van der Waals surface area contributed by atoms with Gasteiger partial charge in [0, 0.05) is 25.0 Å². The van der Waals surface area contributed by atoms with E-state index in [0.717, 1.165) is 29.7 Å². The van der Waals surface area contributed by atoms with Gasteiger partial charge >= 0.3 is 0 Å². The summed E-state index contributed by atoms with van der Waals surface area (Å²) in [6.07, 6.45) is 3.45. The number of carbonyl (C=O) groups excluding carboxylic acids is 4. The molecule has 1 aromatic rings. The molecule has 8 nitrogen and oxygen atoms in total. The summed E-state index contributed by atoms with van der Waals surface area (Å²) >= 11 is 0. The number of rotatable bonds is 5. The Morgan fingerprint density at radius 1 is 1.15 bits per heavy atom. The van der Waals surface area contributed by atoms with Crippen LogP contribution < -0.4 is 16.4 Å². The first-order chi connectivity index (χ1) is 12.9. The molecular formula is C19H22N4O4. The van der Waals surface area contributed by atoms with Crippen LogP contribution in [0.3, 0.4) is 0 Å². The zero-order valence-corrected chi connectivity index (χ0v) is 14.9. The number of imide groups is 2. The molecule has 3 aliphatic rings. The van der Waals surface area contributed by atoms with Gasteiger partial charge in [0.1, 0.15) is 6.04 Å². The van der Waals surface area contributed by atoms with Crippen LogP contribution in [0.15, 0.2) is 18.2 Å². The van der Waals surface area contributed by atoms with E-state index in [-0.39, 0.29) is 24.3 Å². The molecule has 0 radical (unpaired) electrons. The lowest BCUT2D eigenvalue weighted by Crippen LogP contribution is -2.54. The first-order valence-electron chi connectivity index (χ1n) is 9.22. The fourth-order valence-electron chi connectivity index (χ4n) is 3.89. The van der Waals surface area contributed by atoms with Gasteiger partial charge in [0.2, 0.25) is 11.8 Å². The quantitative estimate of drug-likeness (QED) is 0.630. The number of nitrogens with one attached hydrogen (secondary N) is 2. The molecule has 0 spiro atoms. The summed E-state index contributed by atoms with van der Waals surface area (Å²) in [4.78, 5) is 49.8. The minimum atomic E-state index is -0.938. The van der Waals surface area contributed by atoms with Gasteiger partial charge in [-0.1, -0.05) is 6.07 Å². The number of nitrogens with zero attached hydrogens (tertiary/aromatic N) is 1. The van der Waals surface area contributed by atoms with Gasteiger partial charge < -0.3 is 11.1 Å². The molecule has 0 aromatic heterocycles. The number of hydrogen-bond acceptors (Lipinski definition) is 6. The number of nitrogens with two attached hydrogens (primary N) is 1. The molecule has 4 amide bonds. The number of hydrogen-bond donors (Lipinski definition) is 3. The zero-order chi connectivity index (χ0) is 19.2. The van der Waals surface area contributed by atoms with Crippen molar-refractivity contribution in [2.24, 2.45) is 5.73 Å². The predicted octanol–water partition coefficient (Wildman–Crippen LogP) is 0.0588. The Balaban J connectivity index is 1.48. The van der Waals surface area contributed by atoms with Crippen molar-refractivity contribution in [3.63, 3.8) is 0 Å². The number of benzene rings is 1. The molecule has 0 bridgehead atoms. The van der Waals surface area contributed by atoms with Crippen LogP contribution in [0.5, 0.6) is 0 Å². The second-order valence-corrected chi connectivity index (χ2v) is 7.65. The van der Waals surface area contributed by atoms with E-state index in [4.69, 9.17) is 5.73 Å². The molecule has 142 valence electrons. The van der Waals surface area contributed by atoms with E-state index in [1.54, 1.807) is 18.2 Å². The van der Waals surface area contributed by atoms with Gasteiger partial charge in [-0.25, -0.2) is 0 Å². The maximum absolute atomic E-state index is 12.8. The lowest BCUT2D eigenvalue weighted by atomic mass is 9.78. The van der Waals surface area contributed by atoms with Gasteiger partial charge in [0.15, 0.2) is 0 Å². The molecule has 1 aliphatic carbocycles. The predicted molar refractivity (Wildman–Crippen MR) is 95.6 cm³/mol. The van der Waals surface area contributed by atoms with E-state index in [1.807, 2.05) is 0 Å². The van der Waals surface area contributed by atoms with E-state index in [1.165, 1.54) is 0 Å². The molecular weight excluding hydrogens is 348 g/mol. The Labute approximate surface area is 156 Å². The number of amides is 4. The standard InChI is InChI=1S/C19H22N4O4/c20-19(6-1-7-19)10-21-9-11-2-3-12-13(8-11)18(27)23(17(12)26)14-4-5-15(24)22-16(14)25/h2-3,8,14,21H,1,4-7,9-10,20H2,(H,22,24,25). The van der Waals surface area contributed by atoms with Crippen LogP contribution in [0.4, 0.5) is 0 Å². The third-order valence-corrected chi connectivity index (χ3v) is 5.66. The molecule has 4 rings (SSSR count). The first-order valence-corrected chi connectivity index (χ1v) is 9.22. The van der Waals surface area contributed by atoms with Crippen LogP contribution in [0.2, 0.25) is 0 Å². The smallest absolute Gasteiger partial charge is 0.262 e. The molecule has 27 heavy (non-hydrogen) atoms. The van der Waals surface area contributed by atoms with Crippen molar-refractivity contribution in [1.29, 1.82) is 0 Å². The molecule has 2 fully saturated rings. The highest BCUT2D eigenvalue weighted by atomic mass is 16.2. The van der Waals surface area contributed by atoms with Gasteiger partial charge in [-0.05, 0) is 43.4 Å². The van der Waals surface area contributed by atoms with Crippen molar-refractivity contribution in [3.05, 3.63) is 34.9 Å². The highest BCUT2D eigenvalue weighted by Crippen LogP contribution is 2.29. The SMILES string of the molecule is NC1(CNCc2ccc3c(c2)C(=O)N(C2CCC(=O)NC2=O)C3=O)CCC1. The average Bonchev–Trinajstić information content (AvgIpc) is 2.85. The number of carbonyl (C=O) groups is 4. The minimum Gasteiger partial charge on any atom is -0.324 e. The second-order valence-electron chi connectivity index (χ2n) is 7.65. The molecule has 1 aromatic carbocycles. The topological polar surface area (TPSA) is 122 Å². The monoisotopic (exact) mass is 370 g/mol. The van der Waals surface area contributed by atoms with Gasteiger partial charge in [0.25, 0.3) is 11.8 Å². The summed E-state index contributed by atoms with van der Waals surface area (Å²) in [7, 11) is 0. The normalized spacial score (nSPS) is 23.9. The molecule has 1 saturated heterocycles. The van der Waals surface area contributed by atoms with E-state index >= 15 is 0 Å². The lowest BCUT2D eigenvalue weighted by Gasteiger charge is -2.38. The number of fused-ring (bicyclic) bond motifs is 1. The van der Waals surface area contributed by atoms with Crippen LogP contribution in [0.25, 0.3) is 0 Å². The molecule has 1 saturated carbocycles. The minimum absolute atomic E-state index is 0.111. The maximum Gasteiger partial charge on any atom is 0.262 e. The van der Waals surface area contributed by atoms with E-state index in [0.29, 0.717) is 24.2 Å². The van der Waals surface area contributed by atoms with Crippen LogP contribution >= 0.6 is 0 Å². The molecule has 4 N–H and O–H groups in total. The second kappa shape index (κ2) is 6.54. The highest BCUT2D eigenvalue weighted by Gasteiger charge is 2.44. The summed E-state index contributed by atoms with van der Waals surface area (Å²) in [5.41, 5.74) is 7.53. The third-order valence-electron chi connectivity index (χ3n) is 5.66. The van der Waals surface area contributed by atoms with Gasteiger partial charge in [-0.2, -0.15) is 0 Å². The van der Waals surface area contributed by atoms with Gasteiger partial charge in [-0.3, -0.25) is 29.4 Å². The molecule has 1 unspecified atom stereocenters. The highest BCUT2D eigenvalue weighted by molar-refractivity contribution is 6.23. The number of piperidine rings is 1. The van der Waals surface area contributed by atoms with Crippen molar-refractivity contribution in [2.45, 2.75) is 50.2 Å². The van der Waals surface area contributed by atoms with Crippen molar-refractivity contribution in [3.8, 4) is 0 Å². The summed E-state index contributed by atoms with van der Waals surface area (Å²) < 4.78 is 0. The largest absolute Gasteiger partial charge is 0.324 e. The fraction of sp³-hybridized carbons (Fsp3) is 0.474. The lowest BCUT2D eigenvalue weighted by molar-refractivity contribution is -0.136. The van der Waals surface area contributed by atoms with E-state index < -0.39 is 23.8 Å². The maximum atomic E-state index is 12.8. The third kappa shape index (κ3) is 3.15. The van der Waals surface area contributed by atoms with Crippen molar-refractivity contribution >= 4 is 23.6 Å². The summed E-state index contributed by atoms with van der Waals surface area (Å²) in [5.74, 6) is -1.96. The average molecular weight is 370 g/mol. The summed E-state index contributed by atoms with van der Waals surface area (Å²) in [5, 5.41) is 5.50. The van der Waals surface area contributed by atoms with E-state index in [2.05, 4.69) is 10.6 Å². The van der Waals surface area contributed by atoms with Crippen LogP contribution in [-0.4, -0.2) is 46.7 Å². The fourth-order valence-corrected chi connectivity index (χ4v) is 3.89. The Hall–Kier alpha value is -2.58. The Bertz CT molecular complexity index is 846. The molecule has 2 aliphatic heterocycles. The van der Waals surface area contributed by atoms with E-state index in [9.17, 15) is 19.2 Å². The molecule has 2 heterocycles. The van der Waals surface area contributed by atoms with Crippen LogP contribution in [0, 0.1) is 0 Å². The first kappa shape index (κ1) is 17.8. The van der Waals surface area contributed by atoms with Crippen molar-refractivity contribution in [1.82, 2.24) is 15.5 Å². The Kier molecular flexibility index (Phi) is 4.32. The Morgan fingerprint density at radius 2 is 1.89 bits per heavy atom. The zero-order valence-electron chi connectivity index (χ0n) is 14.9. The van der Waals surface area contributed by atoms with Crippen LogP contribution in [0.1, 0.15) is 58.4 Å². The van der Waals surface area contributed by atoms with Crippen molar-refractivity contribution in [2.75, 3.05) is 6.54 Å². The van der Waals surface area contributed by atoms with Gasteiger partial charge in [-0.15, -0.1) is 0 Å².